The number of hydrogen-bond acceptors (Lipinski definition) is 1. The largest absolute Gasteiger partial charge is 0.355 e. The van der Waals surface area contributed by atoms with Crippen molar-refractivity contribution in [3.63, 3.8) is 0 Å². The summed E-state index contributed by atoms with van der Waals surface area (Å²) >= 11 is 0. The van der Waals surface area contributed by atoms with Crippen molar-refractivity contribution in [1.29, 1.82) is 0 Å². The molecule has 0 aromatic heterocycles. The first-order chi connectivity index (χ1) is 12.4. The molecule has 1 nitrogen and oxygen atoms in total. The highest BCUT2D eigenvalue weighted by Gasteiger charge is 2.18. The topological polar surface area (TPSA) is 9.23 Å². The maximum absolute atomic E-state index is 6.13. The highest BCUT2D eigenvalue weighted by atomic mass is 31.1. The fourth-order valence-electron chi connectivity index (χ4n) is 2.83. The third kappa shape index (κ3) is 5.23. The molecule has 0 aliphatic carbocycles. The summed E-state index contributed by atoms with van der Waals surface area (Å²) in [5, 5.41) is 4.24. The van der Waals surface area contributed by atoms with Crippen molar-refractivity contribution >= 4 is 32.0 Å². The molecule has 0 saturated heterocycles. The van der Waals surface area contributed by atoms with E-state index in [0.29, 0.717) is 0 Å². The standard InChI is InChI=1S/C22H24OP2/c1-2-23-25(22-16-10-5-11-17-22)19-18-24(20-12-6-3-7-13-20)21-14-8-4-9-15-21/h3-17H,2,18-19H2,1H3. The molecule has 0 bridgehead atoms. The third-order valence-electron chi connectivity index (χ3n) is 3.99. The minimum Gasteiger partial charge on any atom is -0.355 e. The van der Waals surface area contributed by atoms with Gasteiger partial charge < -0.3 is 4.52 Å². The Kier molecular flexibility index (Phi) is 7.19. The van der Waals surface area contributed by atoms with Gasteiger partial charge >= 0.3 is 0 Å². The highest BCUT2D eigenvalue weighted by molar-refractivity contribution is 7.74. The van der Waals surface area contributed by atoms with Gasteiger partial charge in [-0.3, -0.25) is 0 Å². The van der Waals surface area contributed by atoms with Gasteiger partial charge in [0.05, 0.1) is 8.15 Å². The molecule has 1 atom stereocenters. The monoisotopic (exact) mass is 366 g/mol. The zero-order chi connectivity index (χ0) is 17.3. The molecular weight excluding hydrogens is 342 g/mol. The van der Waals surface area contributed by atoms with E-state index in [9.17, 15) is 0 Å². The van der Waals surface area contributed by atoms with E-state index in [-0.39, 0.29) is 7.92 Å². The molecule has 0 radical (unpaired) electrons. The number of benzene rings is 3. The Morgan fingerprint density at radius 1 is 0.600 bits per heavy atom. The fraction of sp³-hybridized carbons (Fsp3) is 0.182. The van der Waals surface area contributed by atoms with Crippen LogP contribution < -0.4 is 15.9 Å². The van der Waals surface area contributed by atoms with E-state index in [1.54, 1.807) is 0 Å². The van der Waals surface area contributed by atoms with E-state index in [0.717, 1.165) is 18.9 Å². The van der Waals surface area contributed by atoms with E-state index in [4.69, 9.17) is 4.52 Å². The Bertz CT molecular complexity index is 692. The molecule has 0 aliphatic heterocycles. The van der Waals surface area contributed by atoms with E-state index in [1.165, 1.54) is 15.9 Å². The molecule has 128 valence electrons. The molecule has 0 spiro atoms. The van der Waals surface area contributed by atoms with E-state index in [1.807, 2.05) is 0 Å². The molecule has 3 heteroatoms. The summed E-state index contributed by atoms with van der Waals surface area (Å²) in [5.74, 6) is 0. The third-order valence-corrected chi connectivity index (χ3v) is 8.93. The lowest BCUT2D eigenvalue weighted by molar-refractivity contribution is 0.383. The van der Waals surface area contributed by atoms with Gasteiger partial charge in [-0.15, -0.1) is 0 Å². The molecular formula is C22H24OP2. The maximum Gasteiger partial charge on any atom is 0.0607 e. The van der Waals surface area contributed by atoms with Crippen molar-refractivity contribution in [2.75, 3.05) is 18.9 Å². The van der Waals surface area contributed by atoms with Crippen molar-refractivity contribution in [2.24, 2.45) is 0 Å². The average molecular weight is 366 g/mol. The van der Waals surface area contributed by atoms with Crippen LogP contribution in [0.3, 0.4) is 0 Å². The van der Waals surface area contributed by atoms with Crippen LogP contribution in [0.1, 0.15) is 6.92 Å². The quantitative estimate of drug-likeness (QED) is 0.517. The summed E-state index contributed by atoms with van der Waals surface area (Å²) in [4.78, 5) is 0. The summed E-state index contributed by atoms with van der Waals surface area (Å²) in [6.07, 6.45) is 2.26. The van der Waals surface area contributed by atoms with Gasteiger partial charge in [-0.05, 0) is 31.6 Å². The predicted molar refractivity (Wildman–Crippen MR) is 113 cm³/mol. The zero-order valence-electron chi connectivity index (χ0n) is 14.6. The fourth-order valence-corrected chi connectivity index (χ4v) is 7.59. The molecule has 0 aliphatic rings. The molecule has 0 N–H and O–H groups in total. The van der Waals surface area contributed by atoms with E-state index in [2.05, 4.69) is 97.9 Å². The van der Waals surface area contributed by atoms with Gasteiger partial charge in [-0.25, -0.2) is 0 Å². The smallest absolute Gasteiger partial charge is 0.0607 e. The van der Waals surface area contributed by atoms with Crippen LogP contribution in [0.5, 0.6) is 0 Å². The Labute approximate surface area is 153 Å². The van der Waals surface area contributed by atoms with Crippen molar-refractivity contribution in [2.45, 2.75) is 6.92 Å². The minimum absolute atomic E-state index is 0.348. The lowest BCUT2D eigenvalue weighted by atomic mass is 10.4. The first-order valence-corrected chi connectivity index (χ1v) is 11.7. The van der Waals surface area contributed by atoms with Gasteiger partial charge in [0.1, 0.15) is 0 Å². The van der Waals surface area contributed by atoms with Crippen molar-refractivity contribution in [3.8, 4) is 0 Å². The van der Waals surface area contributed by atoms with E-state index >= 15 is 0 Å². The van der Waals surface area contributed by atoms with Gasteiger partial charge in [-0.1, -0.05) is 91.0 Å². The second kappa shape index (κ2) is 9.83. The van der Waals surface area contributed by atoms with Crippen LogP contribution >= 0.6 is 16.1 Å². The summed E-state index contributed by atoms with van der Waals surface area (Å²) in [6, 6.07) is 32.6. The van der Waals surface area contributed by atoms with Crippen LogP contribution in [0.25, 0.3) is 0 Å². The molecule has 0 heterocycles. The van der Waals surface area contributed by atoms with Crippen LogP contribution in [0, 0.1) is 0 Å². The molecule has 1 unspecified atom stereocenters. The predicted octanol–water partition coefficient (Wildman–Crippen LogP) is 4.88. The van der Waals surface area contributed by atoms with Crippen molar-refractivity contribution < 1.29 is 4.52 Å². The molecule has 3 aromatic rings. The van der Waals surface area contributed by atoms with Crippen LogP contribution in [0.4, 0.5) is 0 Å². The van der Waals surface area contributed by atoms with Gasteiger partial charge in [0.25, 0.3) is 0 Å². The minimum atomic E-state index is -0.553. The summed E-state index contributed by atoms with van der Waals surface area (Å²) in [5.41, 5.74) is 0. The van der Waals surface area contributed by atoms with Crippen LogP contribution in [-0.4, -0.2) is 18.9 Å². The Hall–Kier alpha value is -1.52. The number of rotatable bonds is 8. The molecule has 3 rings (SSSR count). The Balaban J connectivity index is 1.80. The maximum atomic E-state index is 6.13. The van der Waals surface area contributed by atoms with Crippen LogP contribution in [0.15, 0.2) is 91.0 Å². The Morgan fingerprint density at radius 3 is 1.48 bits per heavy atom. The van der Waals surface area contributed by atoms with Crippen LogP contribution in [-0.2, 0) is 4.52 Å². The van der Waals surface area contributed by atoms with Gasteiger partial charge in [0, 0.05) is 18.1 Å². The molecule has 0 amide bonds. The molecule has 3 aromatic carbocycles. The summed E-state index contributed by atoms with van der Waals surface area (Å²) < 4.78 is 6.13. The Morgan fingerprint density at radius 2 is 1.04 bits per heavy atom. The second-order valence-corrected chi connectivity index (χ2v) is 9.99. The van der Waals surface area contributed by atoms with Gasteiger partial charge in [0.15, 0.2) is 0 Å². The first kappa shape index (κ1) is 18.3. The zero-order valence-corrected chi connectivity index (χ0v) is 16.4. The number of hydrogen-bond donors (Lipinski definition) is 0. The van der Waals surface area contributed by atoms with Crippen molar-refractivity contribution in [1.82, 2.24) is 0 Å². The van der Waals surface area contributed by atoms with E-state index < -0.39 is 8.15 Å². The molecule has 0 saturated carbocycles. The summed E-state index contributed by atoms with van der Waals surface area (Å²) in [7, 11) is -0.901. The molecule has 0 fully saturated rings. The lowest BCUT2D eigenvalue weighted by Gasteiger charge is -2.23. The normalized spacial score (nSPS) is 12.2. The van der Waals surface area contributed by atoms with Gasteiger partial charge in [0.2, 0.25) is 0 Å². The lowest BCUT2D eigenvalue weighted by Crippen LogP contribution is -2.17. The average Bonchev–Trinajstić information content (AvgIpc) is 2.70. The SMILES string of the molecule is CCOP(CCP(c1ccccc1)c1ccccc1)c1ccccc1. The summed E-state index contributed by atoms with van der Waals surface area (Å²) in [6.45, 7) is 2.87. The first-order valence-electron chi connectivity index (χ1n) is 8.71. The molecule has 25 heavy (non-hydrogen) atoms. The van der Waals surface area contributed by atoms with Crippen molar-refractivity contribution in [3.05, 3.63) is 91.0 Å². The highest BCUT2D eigenvalue weighted by Crippen LogP contribution is 2.42. The van der Waals surface area contributed by atoms with Gasteiger partial charge in [-0.2, -0.15) is 0 Å². The van der Waals surface area contributed by atoms with Crippen LogP contribution in [0.2, 0.25) is 0 Å². The second-order valence-electron chi connectivity index (χ2n) is 5.68.